The van der Waals surface area contributed by atoms with E-state index in [4.69, 9.17) is 4.74 Å². The van der Waals surface area contributed by atoms with E-state index in [1.807, 2.05) is 20.8 Å². The molecule has 0 bridgehead atoms. The standard InChI is InChI=1S/C14H23FN4O/c1-5-16-13(19-10-14(2,3)20-4)18-9-12-11(15)7-6-8-17-12/h6-8H,5,9-10H2,1-4H3,(H2,16,18,19). The number of hydrogen-bond acceptors (Lipinski definition) is 3. The van der Waals surface area contributed by atoms with Gasteiger partial charge < -0.3 is 15.4 Å². The van der Waals surface area contributed by atoms with Crippen molar-refractivity contribution in [3.8, 4) is 0 Å². The third kappa shape index (κ3) is 5.52. The SMILES string of the molecule is CCNC(=NCc1ncccc1F)NCC(C)(C)OC. The van der Waals surface area contributed by atoms with Crippen molar-refractivity contribution in [3.05, 3.63) is 29.8 Å². The minimum Gasteiger partial charge on any atom is -0.377 e. The van der Waals surface area contributed by atoms with Crippen LogP contribution >= 0.6 is 0 Å². The molecule has 1 aromatic rings. The average Bonchev–Trinajstić information content (AvgIpc) is 2.43. The van der Waals surface area contributed by atoms with Crippen molar-refractivity contribution < 1.29 is 9.13 Å². The van der Waals surface area contributed by atoms with Gasteiger partial charge in [0.25, 0.3) is 0 Å². The van der Waals surface area contributed by atoms with Crippen LogP contribution in [-0.4, -0.2) is 36.7 Å². The number of aromatic nitrogens is 1. The van der Waals surface area contributed by atoms with Gasteiger partial charge in [0.15, 0.2) is 5.96 Å². The third-order valence-electron chi connectivity index (χ3n) is 2.80. The molecule has 0 spiro atoms. The summed E-state index contributed by atoms with van der Waals surface area (Å²) in [6.45, 7) is 7.43. The predicted octanol–water partition coefficient (Wildman–Crippen LogP) is 1.70. The van der Waals surface area contributed by atoms with Gasteiger partial charge in [0, 0.05) is 26.4 Å². The molecule has 1 rings (SSSR count). The maximum Gasteiger partial charge on any atom is 0.191 e. The van der Waals surface area contributed by atoms with Gasteiger partial charge in [0.2, 0.25) is 0 Å². The van der Waals surface area contributed by atoms with Crippen LogP contribution in [0.2, 0.25) is 0 Å². The van der Waals surface area contributed by atoms with Gasteiger partial charge in [-0.3, -0.25) is 4.98 Å². The number of methoxy groups -OCH3 is 1. The Bertz CT molecular complexity index is 449. The zero-order valence-electron chi connectivity index (χ0n) is 12.5. The first-order valence-electron chi connectivity index (χ1n) is 6.65. The quantitative estimate of drug-likeness (QED) is 0.616. The smallest absolute Gasteiger partial charge is 0.191 e. The number of nitrogens with zero attached hydrogens (tertiary/aromatic N) is 2. The Morgan fingerprint density at radius 3 is 2.80 bits per heavy atom. The maximum absolute atomic E-state index is 13.5. The molecule has 0 aliphatic rings. The summed E-state index contributed by atoms with van der Waals surface area (Å²) in [6, 6.07) is 2.94. The van der Waals surface area contributed by atoms with Crippen molar-refractivity contribution >= 4 is 5.96 Å². The third-order valence-corrected chi connectivity index (χ3v) is 2.80. The molecule has 1 heterocycles. The number of rotatable bonds is 6. The molecule has 0 atom stereocenters. The number of nitrogens with one attached hydrogen (secondary N) is 2. The molecule has 0 fully saturated rings. The monoisotopic (exact) mass is 282 g/mol. The van der Waals surface area contributed by atoms with E-state index in [0.29, 0.717) is 18.2 Å². The Hall–Kier alpha value is -1.69. The molecule has 0 unspecified atom stereocenters. The fourth-order valence-electron chi connectivity index (χ4n) is 1.40. The highest BCUT2D eigenvalue weighted by Gasteiger charge is 2.16. The Morgan fingerprint density at radius 1 is 1.45 bits per heavy atom. The first-order valence-corrected chi connectivity index (χ1v) is 6.65. The Labute approximate surface area is 119 Å². The Balaban J connectivity index is 2.66. The zero-order chi connectivity index (χ0) is 15.0. The molecule has 0 amide bonds. The summed E-state index contributed by atoms with van der Waals surface area (Å²) in [5.41, 5.74) is 0.0302. The molecule has 0 saturated heterocycles. The van der Waals surface area contributed by atoms with Gasteiger partial charge in [0.1, 0.15) is 5.82 Å². The molecule has 0 radical (unpaired) electrons. The highest BCUT2D eigenvalue weighted by Crippen LogP contribution is 2.05. The summed E-state index contributed by atoms with van der Waals surface area (Å²) in [4.78, 5) is 8.29. The van der Waals surface area contributed by atoms with Crippen molar-refractivity contribution in [3.63, 3.8) is 0 Å². The Morgan fingerprint density at radius 2 is 2.20 bits per heavy atom. The summed E-state index contributed by atoms with van der Waals surface area (Å²) in [5, 5.41) is 6.27. The van der Waals surface area contributed by atoms with Crippen molar-refractivity contribution in [1.29, 1.82) is 0 Å². The lowest BCUT2D eigenvalue weighted by Crippen LogP contribution is -2.45. The van der Waals surface area contributed by atoms with Gasteiger partial charge >= 0.3 is 0 Å². The lowest BCUT2D eigenvalue weighted by atomic mass is 10.1. The lowest BCUT2D eigenvalue weighted by molar-refractivity contribution is 0.0268. The number of guanidine groups is 1. The van der Waals surface area contributed by atoms with Crippen molar-refractivity contribution in [2.75, 3.05) is 20.2 Å². The second-order valence-corrected chi connectivity index (χ2v) is 4.94. The second-order valence-electron chi connectivity index (χ2n) is 4.94. The van der Waals surface area contributed by atoms with E-state index in [1.165, 1.54) is 6.07 Å². The fourth-order valence-corrected chi connectivity index (χ4v) is 1.40. The van der Waals surface area contributed by atoms with E-state index in [2.05, 4.69) is 20.6 Å². The van der Waals surface area contributed by atoms with Crippen LogP contribution in [0, 0.1) is 5.82 Å². The number of ether oxygens (including phenoxy) is 1. The summed E-state index contributed by atoms with van der Waals surface area (Å²) < 4.78 is 18.8. The zero-order valence-corrected chi connectivity index (χ0v) is 12.5. The van der Waals surface area contributed by atoms with Gasteiger partial charge in [-0.1, -0.05) is 0 Å². The van der Waals surface area contributed by atoms with Gasteiger partial charge in [-0.15, -0.1) is 0 Å². The second kappa shape index (κ2) is 7.79. The highest BCUT2D eigenvalue weighted by atomic mass is 19.1. The minimum atomic E-state index is -0.343. The molecule has 2 N–H and O–H groups in total. The molecule has 112 valence electrons. The molecule has 0 aromatic carbocycles. The van der Waals surface area contributed by atoms with E-state index in [1.54, 1.807) is 19.4 Å². The van der Waals surface area contributed by atoms with Gasteiger partial charge in [-0.25, -0.2) is 9.38 Å². The largest absolute Gasteiger partial charge is 0.377 e. The van der Waals surface area contributed by atoms with Crippen LogP contribution in [0.1, 0.15) is 26.5 Å². The van der Waals surface area contributed by atoms with Crippen LogP contribution in [0.15, 0.2) is 23.3 Å². The predicted molar refractivity (Wildman–Crippen MR) is 78.1 cm³/mol. The number of pyridine rings is 1. The van der Waals surface area contributed by atoms with Crippen molar-refractivity contribution in [2.24, 2.45) is 4.99 Å². The van der Waals surface area contributed by atoms with Crippen LogP contribution in [0.3, 0.4) is 0 Å². The number of halogens is 1. The molecule has 0 aliphatic heterocycles. The summed E-state index contributed by atoms with van der Waals surface area (Å²) in [5.74, 6) is 0.270. The lowest BCUT2D eigenvalue weighted by Gasteiger charge is -2.24. The molecular weight excluding hydrogens is 259 g/mol. The molecule has 6 heteroatoms. The first kappa shape index (κ1) is 16.4. The van der Waals surface area contributed by atoms with E-state index < -0.39 is 0 Å². The first-order chi connectivity index (χ1) is 9.48. The van der Waals surface area contributed by atoms with E-state index >= 15 is 0 Å². The van der Waals surface area contributed by atoms with Crippen LogP contribution in [0.5, 0.6) is 0 Å². The maximum atomic E-state index is 13.5. The van der Waals surface area contributed by atoms with E-state index in [0.717, 1.165) is 6.54 Å². The molecular formula is C14H23FN4O. The van der Waals surface area contributed by atoms with Gasteiger partial charge in [0.05, 0.1) is 17.8 Å². The van der Waals surface area contributed by atoms with Crippen LogP contribution in [0.25, 0.3) is 0 Å². The summed E-state index contributed by atoms with van der Waals surface area (Å²) in [7, 11) is 1.66. The van der Waals surface area contributed by atoms with Crippen LogP contribution in [-0.2, 0) is 11.3 Å². The molecule has 0 aliphatic carbocycles. The number of hydrogen-bond donors (Lipinski definition) is 2. The fraction of sp³-hybridized carbons (Fsp3) is 0.571. The van der Waals surface area contributed by atoms with Crippen LogP contribution < -0.4 is 10.6 Å². The molecule has 1 aromatic heterocycles. The van der Waals surface area contributed by atoms with Gasteiger partial charge in [-0.05, 0) is 32.9 Å². The van der Waals surface area contributed by atoms with E-state index in [9.17, 15) is 4.39 Å². The Kier molecular flexibility index (Phi) is 6.38. The van der Waals surface area contributed by atoms with E-state index in [-0.39, 0.29) is 18.0 Å². The highest BCUT2D eigenvalue weighted by molar-refractivity contribution is 5.79. The normalized spacial score (nSPS) is 12.3. The van der Waals surface area contributed by atoms with Crippen molar-refractivity contribution in [1.82, 2.24) is 15.6 Å². The molecule has 20 heavy (non-hydrogen) atoms. The van der Waals surface area contributed by atoms with Crippen molar-refractivity contribution in [2.45, 2.75) is 32.9 Å². The van der Waals surface area contributed by atoms with Gasteiger partial charge in [-0.2, -0.15) is 0 Å². The summed E-state index contributed by atoms with van der Waals surface area (Å²) >= 11 is 0. The van der Waals surface area contributed by atoms with Crippen LogP contribution in [0.4, 0.5) is 4.39 Å². The summed E-state index contributed by atoms with van der Waals surface area (Å²) in [6.07, 6.45) is 1.56. The topological polar surface area (TPSA) is 58.5 Å². The molecule has 5 nitrogen and oxygen atoms in total. The average molecular weight is 282 g/mol. The minimum absolute atomic E-state index is 0.190. The molecule has 0 saturated carbocycles. The number of aliphatic imine (C=N–C) groups is 1.